The minimum Gasteiger partial charge on any atom is -0.338 e. The van der Waals surface area contributed by atoms with E-state index in [2.05, 4.69) is 24.8 Å². The van der Waals surface area contributed by atoms with E-state index < -0.39 is 0 Å². The van der Waals surface area contributed by atoms with Crippen molar-refractivity contribution in [3.63, 3.8) is 0 Å². The minimum absolute atomic E-state index is 0.0278. The number of aromatic nitrogens is 4. The van der Waals surface area contributed by atoms with Gasteiger partial charge in [-0.1, -0.05) is 6.07 Å². The van der Waals surface area contributed by atoms with Crippen molar-refractivity contribution in [2.24, 2.45) is 0 Å². The molecule has 25 heavy (non-hydrogen) atoms. The molecule has 3 aromatic rings. The summed E-state index contributed by atoms with van der Waals surface area (Å²) < 4.78 is 1.60. The predicted octanol–water partition coefficient (Wildman–Crippen LogP) is 1.12. The first kappa shape index (κ1) is 15.7. The summed E-state index contributed by atoms with van der Waals surface area (Å²) in [5.74, 6) is 0.777. The fourth-order valence-corrected chi connectivity index (χ4v) is 3.13. The molecule has 0 bridgehead atoms. The molecule has 7 nitrogen and oxygen atoms in total. The Balaban J connectivity index is 1.46. The molecule has 128 valence electrons. The van der Waals surface area contributed by atoms with Gasteiger partial charge in [0.15, 0.2) is 0 Å². The highest BCUT2D eigenvalue weighted by Gasteiger charge is 2.19. The lowest BCUT2D eigenvalue weighted by molar-refractivity contribution is 0.246. The van der Waals surface area contributed by atoms with Crippen molar-refractivity contribution in [3.8, 4) is 0 Å². The topological polar surface area (TPSA) is 66.6 Å². The van der Waals surface area contributed by atoms with E-state index in [0.717, 1.165) is 43.4 Å². The number of pyridine rings is 1. The van der Waals surface area contributed by atoms with E-state index in [9.17, 15) is 4.79 Å². The van der Waals surface area contributed by atoms with Gasteiger partial charge in [0.05, 0.1) is 5.69 Å². The Kier molecular flexibility index (Phi) is 4.15. The maximum Gasteiger partial charge on any atom is 0.258 e. The van der Waals surface area contributed by atoms with Gasteiger partial charge in [-0.2, -0.15) is 0 Å². The lowest BCUT2D eigenvalue weighted by Gasteiger charge is -2.34. The summed E-state index contributed by atoms with van der Waals surface area (Å²) in [5, 5.41) is 0. The zero-order valence-corrected chi connectivity index (χ0v) is 14.2. The zero-order valence-electron chi connectivity index (χ0n) is 14.2. The van der Waals surface area contributed by atoms with Crippen molar-refractivity contribution in [2.45, 2.75) is 13.5 Å². The summed E-state index contributed by atoms with van der Waals surface area (Å²) in [6.07, 6.45) is 5.36. The fraction of sp³-hybridized carbons (Fsp3) is 0.333. The van der Waals surface area contributed by atoms with Crippen molar-refractivity contribution < 1.29 is 0 Å². The molecule has 0 atom stereocenters. The maximum absolute atomic E-state index is 12.3. The Morgan fingerprint density at radius 3 is 2.60 bits per heavy atom. The van der Waals surface area contributed by atoms with E-state index in [1.54, 1.807) is 22.9 Å². The van der Waals surface area contributed by atoms with E-state index in [1.807, 2.05) is 31.3 Å². The smallest absolute Gasteiger partial charge is 0.258 e. The number of piperazine rings is 1. The average Bonchev–Trinajstić information content (AvgIpc) is 2.64. The van der Waals surface area contributed by atoms with Gasteiger partial charge in [-0.3, -0.25) is 14.1 Å². The van der Waals surface area contributed by atoms with Gasteiger partial charge in [0, 0.05) is 57.4 Å². The van der Waals surface area contributed by atoms with Crippen LogP contribution in [0.5, 0.6) is 0 Å². The van der Waals surface area contributed by atoms with Gasteiger partial charge in [0.1, 0.15) is 5.65 Å². The molecule has 3 aromatic heterocycles. The highest BCUT2D eigenvalue weighted by molar-refractivity contribution is 5.40. The minimum atomic E-state index is -0.0278. The third kappa shape index (κ3) is 3.36. The first-order chi connectivity index (χ1) is 12.2. The lowest BCUT2D eigenvalue weighted by Crippen LogP contribution is -2.46. The molecule has 1 fully saturated rings. The van der Waals surface area contributed by atoms with Crippen LogP contribution in [-0.4, -0.2) is 50.4 Å². The van der Waals surface area contributed by atoms with Gasteiger partial charge in [0.25, 0.3) is 5.56 Å². The molecule has 1 saturated heterocycles. The van der Waals surface area contributed by atoms with Crippen LogP contribution in [0.25, 0.3) is 5.65 Å². The standard InChI is InChI=1S/C18H20N6O/c1-14-3-4-16-21-15(11-17(25)24(16)12-14)13-22-7-9-23(10-8-22)18-19-5-2-6-20-18/h2-6,11-12H,7-10,13H2,1H3. The third-order valence-corrected chi connectivity index (χ3v) is 4.45. The van der Waals surface area contributed by atoms with Gasteiger partial charge in [-0.25, -0.2) is 15.0 Å². The van der Waals surface area contributed by atoms with Crippen molar-refractivity contribution in [2.75, 3.05) is 31.1 Å². The van der Waals surface area contributed by atoms with Gasteiger partial charge >= 0.3 is 0 Å². The second kappa shape index (κ2) is 6.60. The summed E-state index contributed by atoms with van der Waals surface area (Å²) in [6.45, 7) is 6.19. The Bertz CT molecular complexity index is 931. The number of hydrogen-bond donors (Lipinski definition) is 0. The summed E-state index contributed by atoms with van der Waals surface area (Å²) in [5.41, 5.74) is 2.53. The molecule has 0 radical (unpaired) electrons. The van der Waals surface area contributed by atoms with Crippen LogP contribution in [0.1, 0.15) is 11.3 Å². The largest absolute Gasteiger partial charge is 0.338 e. The van der Waals surface area contributed by atoms with E-state index in [4.69, 9.17) is 0 Å². The van der Waals surface area contributed by atoms with Crippen LogP contribution in [0.15, 0.2) is 47.7 Å². The van der Waals surface area contributed by atoms with Crippen LogP contribution in [0, 0.1) is 6.92 Å². The molecule has 0 N–H and O–H groups in total. The van der Waals surface area contributed by atoms with Crippen molar-refractivity contribution >= 4 is 11.6 Å². The lowest BCUT2D eigenvalue weighted by atomic mass is 10.2. The molecular formula is C18H20N6O. The molecule has 4 rings (SSSR count). The molecule has 0 amide bonds. The highest BCUT2D eigenvalue weighted by atomic mass is 16.1. The molecule has 0 aromatic carbocycles. The summed E-state index contributed by atoms with van der Waals surface area (Å²) in [6, 6.07) is 7.33. The molecule has 7 heteroatoms. The van der Waals surface area contributed by atoms with Crippen molar-refractivity contribution in [3.05, 3.63) is 64.5 Å². The van der Waals surface area contributed by atoms with E-state index in [-0.39, 0.29) is 5.56 Å². The fourth-order valence-electron chi connectivity index (χ4n) is 3.13. The Hall–Kier alpha value is -2.80. The summed E-state index contributed by atoms with van der Waals surface area (Å²) in [4.78, 5) is 30.0. The molecule has 4 heterocycles. The second-order valence-electron chi connectivity index (χ2n) is 6.33. The first-order valence-electron chi connectivity index (χ1n) is 8.42. The SMILES string of the molecule is Cc1ccc2nc(CN3CCN(c4ncccn4)CC3)cc(=O)n2c1. The zero-order chi connectivity index (χ0) is 17.2. The van der Waals surface area contributed by atoms with Crippen LogP contribution in [0.2, 0.25) is 0 Å². The monoisotopic (exact) mass is 336 g/mol. The van der Waals surface area contributed by atoms with Gasteiger partial charge in [0.2, 0.25) is 5.95 Å². The third-order valence-electron chi connectivity index (χ3n) is 4.45. The van der Waals surface area contributed by atoms with Crippen LogP contribution < -0.4 is 10.5 Å². The Labute approximate surface area is 145 Å². The molecular weight excluding hydrogens is 316 g/mol. The second-order valence-corrected chi connectivity index (χ2v) is 6.33. The van der Waals surface area contributed by atoms with Gasteiger partial charge < -0.3 is 4.90 Å². The van der Waals surface area contributed by atoms with E-state index in [1.165, 1.54) is 0 Å². The van der Waals surface area contributed by atoms with Crippen LogP contribution in [0.3, 0.4) is 0 Å². The number of nitrogens with zero attached hydrogens (tertiary/aromatic N) is 6. The highest BCUT2D eigenvalue weighted by Crippen LogP contribution is 2.12. The van der Waals surface area contributed by atoms with E-state index in [0.29, 0.717) is 12.2 Å². The van der Waals surface area contributed by atoms with Crippen LogP contribution in [-0.2, 0) is 6.54 Å². The molecule has 1 aliphatic rings. The number of rotatable bonds is 3. The number of hydrogen-bond acceptors (Lipinski definition) is 6. The molecule has 0 unspecified atom stereocenters. The van der Waals surface area contributed by atoms with Crippen molar-refractivity contribution in [1.82, 2.24) is 24.3 Å². The molecule has 0 saturated carbocycles. The Morgan fingerprint density at radius 2 is 1.84 bits per heavy atom. The number of aryl methyl sites for hydroxylation is 1. The van der Waals surface area contributed by atoms with Gasteiger partial charge in [-0.15, -0.1) is 0 Å². The van der Waals surface area contributed by atoms with Crippen LogP contribution in [0.4, 0.5) is 5.95 Å². The average molecular weight is 336 g/mol. The summed E-state index contributed by atoms with van der Waals surface area (Å²) in [7, 11) is 0. The Morgan fingerprint density at radius 1 is 1.08 bits per heavy atom. The quantitative estimate of drug-likeness (QED) is 0.714. The maximum atomic E-state index is 12.3. The predicted molar refractivity (Wildman–Crippen MR) is 95.7 cm³/mol. The molecule has 0 spiro atoms. The number of anilines is 1. The van der Waals surface area contributed by atoms with Gasteiger partial charge in [-0.05, 0) is 24.6 Å². The summed E-state index contributed by atoms with van der Waals surface area (Å²) >= 11 is 0. The first-order valence-corrected chi connectivity index (χ1v) is 8.42. The molecule has 1 aliphatic heterocycles. The van der Waals surface area contributed by atoms with E-state index >= 15 is 0 Å². The molecule has 0 aliphatic carbocycles. The van der Waals surface area contributed by atoms with Crippen LogP contribution >= 0.6 is 0 Å². The normalized spacial score (nSPS) is 15.6. The van der Waals surface area contributed by atoms with Crippen molar-refractivity contribution in [1.29, 1.82) is 0 Å². The number of fused-ring (bicyclic) bond motifs is 1.